The molecule has 3 N–H and O–H groups in total. The minimum atomic E-state index is -3.97. The average molecular weight is 489 g/mol. The molecule has 3 aromatic carbocycles. The number of nitrogens with zero attached hydrogens (tertiary/aromatic N) is 2. The topological polar surface area (TPSA) is 95.7 Å². The second-order valence-electron chi connectivity index (χ2n) is 8.12. The van der Waals surface area contributed by atoms with E-state index in [0.717, 1.165) is 42.0 Å². The third kappa shape index (κ3) is 6.16. The van der Waals surface area contributed by atoms with E-state index in [4.69, 9.17) is 5.73 Å². The summed E-state index contributed by atoms with van der Waals surface area (Å²) in [6.07, 6.45) is 3.98. The number of hydrogen-bond donors (Lipinski definition) is 2. The smallest absolute Gasteiger partial charge is 0.335 e. The molecule has 0 atom stereocenters. The number of hydrazine groups is 1. The third-order valence-electron chi connectivity index (χ3n) is 5.69. The molecule has 1 aliphatic rings. The van der Waals surface area contributed by atoms with E-state index in [1.54, 1.807) is 47.4 Å². The van der Waals surface area contributed by atoms with E-state index >= 15 is 0 Å². The van der Waals surface area contributed by atoms with Gasteiger partial charge in [0.2, 0.25) is 0 Å². The van der Waals surface area contributed by atoms with Crippen molar-refractivity contribution in [2.75, 3.05) is 18.8 Å². The molecule has 0 bridgehead atoms. The molecule has 0 unspecified atom stereocenters. The summed E-state index contributed by atoms with van der Waals surface area (Å²) in [7, 11) is -3.97. The van der Waals surface area contributed by atoms with Crippen LogP contribution in [-0.2, 0) is 16.6 Å². The molecule has 0 saturated carbocycles. The summed E-state index contributed by atoms with van der Waals surface area (Å²) in [5.74, 6) is 0. The van der Waals surface area contributed by atoms with Crippen LogP contribution in [0.2, 0.25) is 0 Å². The van der Waals surface area contributed by atoms with Crippen LogP contribution in [0.25, 0.3) is 10.8 Å². The maximum atomic E-state index is 13.3. The fraction of sp³-hybridized carbons (Fsp3) is 0.292. The summed E-state index contributed by atoms with van der Waals surface area (Å²) in [6, 6.07) is 19.2. The van der Waals surface area contributed by atoms with Crippen molar-refractivity contribution in [3.8, 4) is 0 Å². The molecule has 176 valence electrons. The number of nitrogen functional groups attached to an aromatic ring is 1. The van der Waals surface area contributed by atoms with E-state index < -0.39 is 10.0 Å². The van der Waals surface area contributed by atoms with Gasteiger partial charge in [0.1, 0.15) is 0 Å². The number of rotatable bonds is 5. The first kappa shape index (κ1) is 24.8. The van der Waals surface area contributed by atoms with Gasteiger partial charge in [-0.2, -0.15) is 0 Å². The number of likely N-dealkylation sites (tertiary alicyclic amines) is 1. The average Bonchev–Trinajstić information content (AvgIpc) is 3.09. The maximum Gasteiger partial charge on any atom is 0.335 e. The van der Waals surface area contributed by atoms with Crippen LogP contribution in [0.3, 0.4) is 0 Å². The SMILES string of the molecule is Cl.Nc1ccc(CN(NS(=O)(=O)c2ccc3ccccc3c2)C(=O)N2CCCCCC2)cc1. The highest BCUT2D eigenvalue weighted by Crippen LogP contribution is 2.20. The zero-order chi connectivity index (χ0) is 22.6. The van der Waals surface area contributed by atoms with Crippen LogP contribution in [0.1, 0.15) is 31.2 Å². The number of nitrogens with two attached hydrogens (primary N) is 1. The molecular formula is C24H29ClN4O3S. The fourth-order valence-corrected chi connectivity index (χ4v) is 4.98. The van der Waals surface area contributed by atoms with Gasteiger partial charge in [0.05, 0.1) is 11.4 Å². The maximum absolute atomic E-state index is 13.3. The Hall–Kier alpha value is -2.81. The molecule has 1 saturated heterocycles. The molecular weight excluding hydrogens is 460 g/mol. The Bertz CT molecular complexity index is 1190. The number of amides is 2. The van der Waals surface area contributed by atoms with E-state index in [-0.39, 0.29) is 29.9 Å². The summed E-state index contributed by atoms with van der Waals surface area (Å²) in [5, 5.41) is 2.96. The summed E-state index contributed by atoms with van der Waals surface area (Å²) < 4.78 is 26.5. The second kappa shape index (κ2) is 10.9. The molecule has 1 heterocycles. The predicted molar refractivity (Wildman–Crippen MR) is 133 cm³/mol. The number of nitrogens with one attached hydrogen (secondary N) is 1. The molecule has 0 aliphatic carbocycles. The van der Waals surface area contributed by atoms with Gasteiger partial charge in [-0.1, -0.05) is 55.3 Å². The molecule has 3 aromatic rings. The Morgan fingerprint density at radius 3 is 2.21 bits per heavy atom. The van der Waals surface area contributed by atoms with Gasteiger partial charge in [-0.25, -0.2) is 18.2 Å². The molecule has 2 amide bonds. The van der Waals surface area contributed by atoms with Crippen molar-refractivity contribution < 1.29 is 13.2 Å². The lowest BCUT2D eigenvalue weighted by Gasteiger charge is -2.30. The van der Waals surface area contributed by atoms with E-state index in [9.17, 15) is 13.2 Å². The highest BCUT2D eigenvalue weighted by Gasteiger charge is 2.27. The molecule has 9 heteroatoms. The first-order chi connectivity index (χ1) is 15.4. The Labute approximate surface area is 201 Å². The summed E-state index contributed by atoms with van der Waals surface area (Å²) in [4.78, 5) is 17.7. The van der Waals surface area contributed by atoms with Crippen LogP contribution < -0.4 is 10.6 Å². The molecule has 33 heavy (non-hydrogen) atoms. The number of carbonyl (C=O) groups excluding carboxylic acids is 1. The van der Waals surface area contributed by atoms with Crippen molar-refractivity contribution in [1.82, 2.24) is 14.7 Å². The predicted octanol–water partition coefficient (Wildman–Crippen LogP) is 4.54. The van der Waals surface area contributed by atoms with Crippen LogP contribution in [-0.4, -0.2) is 37.4 Å². The number of sulfonamides is 1. The van der Waals surface area contributed by atoms with Gasteiger partial charge in [-0.15, -0.1) is 17.2 Å². The molecule has 0 aromatic heterocycles. The quantitative estimate of drug-likeness (QED) is 0.407. The highest BCUT2D eigenvalue weighted by molar-refractivity contribution is 7.89. The first-order valence-electron chi connectivity index (χ1n) is 10.8. The lowest BCUT2D eigenvalue weighted by molar-refractivity contribution is 0.142. The Morgan fingerprint density at radius 2 is 1.55 bits per heavy atom. The summed E-state index contributed by atoms with van der Waals surface area (Å²) in [5.41, 5.74) is 7.16. The van der Waals surface area contributed by atoms with Crippen LogP contribution in [0.15, 0.2) is 71.6 Å². The molecule has 0 spiro atoms. The van der Waals surface area contributed by atoms with E-state index in [1.165, 1.54) is 5.01 Å². The first-order valence-corrected chi connectivity index (χ1v) is 12.3. The minimum absolute atomic E-state index is 0. The Morgan fingerprint density at radius 1 is 0.909 bits per heavy atom. The number of urea groups is 1. The zero-order valence-electron chi connectivity index (χ0n) is 18.3. The van der Waals surface area contributed by atoms with Crippen LogP contribution in [0.5, 0.6) is 0 Å². The van der Waals surface area contributed by atoms with E-state index in [1.807, 2.05) is 24.3 Å². The number of anilines is 1. The summed E-state index contributed by atoms with van der Waals surface area (Å²) >= 11 is 0. The number of benzene rings is 3. The number of halogens is 1. The zero-order valence-corrected chi connectivity index (χ0v) is 19.9. The minimum Gasteiger partial charge on any atom is -0.399 e. The Balaban J connectivity index is 0.00000306. The molecule has 4 rings (SSSR count). The van der Waals surface area contributed by atoms with Crippen LogP contribution in [0, 0.1) is 0 Å². The lowest BCUT2D eigenvalue weighted by Crippen LogP contribution is -2.51. The van der Waals surface area contributed by atoms with Gasteiger partial charge in [0.15, 0.2) is 0 Å². The van der Waals surface area contributed by atoms with Crippen molar-refractivity contribution in [2.45, 2.75) is 37.1 Å². The Kier molecular flexibility index (Phi) is 8.18. The third-order valence-corrected chi connectivity index (χ3v) is 7.02. The summed E-state index contributed by atoms with van der Waals surface area (Å²) in [6.45, 7) is 1.34. The van der Waals surface area contributed by atoms with Crippen molar-refractivity contribution in [1.29, 1.82) is 0 Å². The van der Waals surface area contributed by atoms with Gasteiger partial charge in [-0.05, 0) is 53.4 Å². The van der Waals surface area contributed by atoms with Gasteiger partial charge >= 0.3 is 6.03 Å². The fourth-order valence-electron chi connectivity index (χ4n) is 3.91. The van der Waals surface area contributed by atoms with Crippen molar-refractivity contribution in [2.24, 2.45) is 0 Å². The standard InChI is InChI=1S/C24H28N4O3S.ClH/c25-22-12-9-19(10-13-22)18-28(24(29)27-15-5-1-2-6-16-27)26-32(30,31)23-14-11-20-7-3-4-8-21(20)17-23;/h3-4,7-14,17,26H,1-2,5-6,15-16,18,25H2;1H. The monoisotopic (exact) mass is 488 g/mol. The van der Waals surface area contributed by atoms with Crippen molar-refractivity contribution in [3.63, 3.8) is 0 Å². The van der Waals surface area contributed by atoms with Crippen LogP contribution in [0.4, 0.5) is 10.5 Å². The van der Waals surface area contributed by atoms with E-state index in [0.29, 0.717) is 18.8 Å². The molecule has 7 nitrogen and oxygen atoms in total. The normalized spacial score (nSPS) is 14.4. The molecule has 1 fully saturated rings. The number of carbonyl (C=O) groups is 1. The number of fused-ring (bicyclic) bond motifs is 1. The lowest BCUT2D eigenvalue weighted by atomic mass is 10.1. The van der Waals surface area contributed by atoms with Gasteiger partial charge < -0.3 is 10.6 Å². The largest absolute Gasteiger partial charge is 0.399 e. The second-order valence-corrected chi connectivity index (χ2v) is 9.78. The van der Waals surface area contributed by atoms with Crippen molar-refractivity contribution >= 4 is 44.9 Å². The molecule has 1 aliphatic heterocycles. The van der Waals surface area contributed by atoms with Crippen LogP contribution >= 0.6 is 12.4 Å². The van der Waals surface area contributed by atoms with Gasteiger partial charge in [0.25, 0.3) is 10.0 Å². The number of hydrogen-bond acceptors (Lipinski definition) is 4. The molecule has 0 radical (unpaired) electrons. The van der Waals surface area contributed by atoms with Gasteiger partial charge in [0, 0.05) is 18.8 Å². The van der Waals surface area contributed by atoms with Gasteiger partial charge in [-0.3, -0.25) is 0 Å². The van der Waals surface area contributed by atoms with E-state index in [2.05, 4.69) is 4.83 Å². The highest BCUT2D eigenvalue weighted by atomic mass is 35.5. The van der Waals surface area contributed by atoms with Crippen molar-refractivity contribution in [3.05, 3.63) is 72.3 Å².